The highest BCUT2D eigenvalue weighted by Crippen LogP contribution is 2.11. The van der Waals surface area contributed by atoms with E-state index in [0.717, 1.165) is 0 Å². The Morgan fingerprint density at radius 2 is 2.16 bits per heavy atom. The molecular formula is C12H11ClN4O2. The molecule has 2 aromatic rings. The molecule has 1 aromatic carbocycles. The van der Waals surface area contributed by atoms with Crippen LogP contribution in [-0.4, -0.2) is 22.3 Å². The SMILES string of the molecule is O=C(Cc1cc(=O)[nH][nH]1)N/N=C\c1ccccc1Cl. The van der Waals surface area contributed by atoms with Gasteiger partial charge in [0, 0.05) is 22.3 Å². The van der Waals surface area contributed by atoms with Crippen LogP contribution in [0.5, 0.6) is 0 Å². The molecule has 0 aliphatic rings. The van der Waals surface area contributed by atoms with Gasteiger partial charge in [-0.3, -0.25) is 14.7 Å². The summed E-state index contributed by atoms with van der Waals surface area (Å²) in [6.45, 7) is 0. The van der Waals surface area contributed by atoms with E-state index in [1.165, 1.54) is 12.3 Å². The number of benzene rings is 1. The van der Waals surface area contributed by atoms with Crippen LogP contribution in [0.4, 0.5) is 0 Å². The van der Waals surface area contributed by atoms with E-state index in [-0.39, 0.29) is 17.9 Å². The van der Waals surface area contributed by atoms with Gasteiger partial charge in [-0.05, 0) is 6.07 Å². The van der Waals surface area contributed by atoms with Crippen LogP contribution in [0.25, 0.3) is 0 Å². The van der Waals surface area contributed by atoms with Crippen LogP contribution in [0.1, 0.15) is 11.3 Å². The Hall–Kier alpha value is -2.34. The number of carbonyl (C=O) groups excluding carboxylic acids is 1. The van der Waals surface area contributed by atoms with Gasteiger partial charge in [-0.2, -0.15) is 5.10 Å². The first-order valence-corrected chi connectivity index (χ1v) is 5.86. The van der Waals surface area contributed by atoms with Gasteiger partial charge in [0.25, 0.3) is 5.56 Å². The largest absolute Gasteiger partial charge is 0.302 e. The second kappa shape index (κ2) is 6.01. The summed E-state index contributed by atoms with van der Waals surface area (Å²) in [5.74, 6) is -0.335. The number of amides is 1. The second-order valence-electron chi connectivity index (χ2n) is 3.78. The van der Waals surface area contributed by atoms with Crippen LogP contribution < -0.4 is 11.0 Å². The third-order valence-corrected chi connectivity index (χ3v) is 2.64. The number of hydrazone groups is 1. The fourth-order valence-corrected chi connectivity index (χ4v) is 1.62. The first-order chi connectivity index (χ1) is 9.15. The summed E-state index contributed by atoms with van der Waals surface area (Å²) < 4.78 is 0. The van der Waals surface area contributed by atoms with Gasteiger partial charge in [0.15, 0.2) is 0 Å². The van der Waals surface area contributed by atoms with Crippen molar-refractivity contribution in [2.45, 2.75) is 6.42 Å². The van der Waals surface area contributed by atoms with Crippen LogP contribution in [0.2, 0.25) is 5.02 Å². The molecule has 0 saturated carbocycles. The van der Waals surface area contributed by atoms with Crippen molar-refractivity contribution in [2.75, 3.05) is 0 Å². The van der Waals surface area contributed by atoms with Gasteiger partial charge < -0.3 is 5.10 Å². The van der Waals surface area contributed by atoms with E-state index in [9.17, 15) is 9.59 Å². The van der Waals surface area contributed by atoms with Crippen molar-refractivity contribution < 1.29 is 4.79 Å². The van der Waals surface area contributed by atoms with Crippen molar-refractivity contribution in [3.63, 3.8) is 0 Å². The number of hydrogen-bond donors (Lipinski definition) is 3. The van der Waals surface area contributed by atoms with Crippen molar-refractivity contribution in [2.24, 2.45) is 5.10 Å². The molecule has 0 atom stereocenters. The Balaban J connectivity index is 1.90. The number of hydrogen-bond acceptors (Lipinski definition) is 3. The van der Waals surface area contributed by atoms with Gasteiger partial charge in [-0.15, -0.1) is 0 Å². The van der Waals surface area contributed by atoms with Crippen molar-refractivity contribution in [3.8, 4) is 0 Å². The van der Waals surface area contributed by atoms with Crippen LogP contribution in [0.3, 0.4) is 0 Å². The zero-order chi connectivity index (χ0) is 13.7. The first kappa shape index (κ1) is 13.1. The Morgan fingerprint density at radius 1 is 1.37 bits per heavy atom. The predicted octanol–water partition coefficient (Wildman–Crippen LogP) is 1.05. The Kier molecular flexibility index (Phi) is 4.15. The smallest absolute Gasteiger partial charge is 0.264 e. The van der Waals surface area contributed by atoms with E-state index in [2.05, 4.69) is 20.7 Å². The lowest BCUT2D eigenvalue weighted by atomic mass is 10.2. The van der Waals surface area contributed by atoms with Crippen LogP contribution in [0, 0.1) is 0 Å². The van der Waals surface area contributed by atoms with Gasteiger partial charge in [0.05, 0.1) is 12.6 Å². The highest BCUT2D eigenvalue weighted by molar-refractivity contribution is 6.33. The van der Waals surface area contributed by atoms with Crippen LogP contribution >= 0.6 is 11.6 Å². The number of carbonyl (C=O) groups is 1. The number of nitrogens with zero attached hydrogens (tertiary/aromatic N) is 1. The molecule has 7 heteroatoms. The molecule has 19 heavy (non-hydrogen) atoms. The van der Waals surface area contributed by atoms with Crippen LogP contribution in [0.15, 0.2) is 40.2 Å². The molecule has 0 aliphatic heterocycles. The quantitative estimate of drug-likeness (QED) is 0.576. The summed E-state index contributed by atoms with van der Waals surface area (Å²) in [5, 5.41) is 9.27. The summed E-state index contributed by atoms with van der Waals surface area (Å²) in [6, 6.07) is 8.45. The molecule has 0 bridgehead atoms. The minimum Gasteiger partial charge on any atom is -0.302 e. The highest BCUT2D eigenvalue weighted by atomic mass is 35.5. The van der Waals surface area contributed by atoms with Crippen molar-refractivity contribution in [1.82, 2.24) is 15.6 Å². The van der Waals surface area contributed by atoms with Gasteiger partial charge in [-0.1, -0.05) is 29.8 Å². The Morgan fingerprint density at radius 3 is 2.84 bits per heavy atom. The number of rotatable bonds is 4. The maximum atomic E-state index is 11.5. The molecule has 0 radical (unpaired) electrons. The molecule has 0 spiro atoms. The second-order valence-corrected chi connectivity index (χ2v) is 4.18. The summed E-state index contributed by atoms with van der Waals surface area (Å²) in [6.07, 6.45) is 1.50. The zero-order valence-corrected chi connectivity index (χ0v) is 10.6. The summed E-state index contributed by atoms with van der Waals surface area (Å²) in [4.78, 5) is 22.3. The molecule has 0 fully saturated rings. The fraction of sp³-hybridized carbons (Fsp3) is 0.0833. The third kappa shape index (κ3) is 3.82. The van der Waals surface area contributed by atoms with E-state index in [0.29, 0.717) is 16.3 Å². The predicted molar refractivity (Wildman–Crippen MR) is 72.3 cm³/mol. The summed E-state index contributed by atoms with van der Waals surface area (Å²) in [5.41, 5.74) is 3.28. The number of H-pyrrole nitrogens is 2. The lowest BCUT2D eigenvalue weighted by Crippen LogP contribution is -2.20. The Labute approximate surface area is 113 Å². The molecule has 0 aliphatic carbocycles. The molecule has 1 amide bonds. The van der Waals surface area contributed by atoms with Gasteiger partial charge >= 0.3 is 0 Å². The highest BCUT2D eigenvalue weighted by Gasteiger charge is 2.04. The maximum Gasteiger partial charge on any atom is 0.264 e. The van der Waals surface area contributed by atoms with E-state index >= 15 is 0 Å². The molecule has 0 saturated heterocycles. The fourth-order valence-electron chi connectivity index (χ4n) is 1.43. The maximum absolute atomic E-state index is 11.5. The average molecular weight is 279 g/mol. The molecule has 1 aromatic heterocycles. The molecule has 3 N–H and O–H groups in total. The molecule has 6 nitrogen and oxygen atoms in total. The number of nitrogens with one attached hydrogen (secondary N) is 3. The van der Waals surface area contributed by atoms with E-state index in [4.69, 9.17) is 11.6 Å². The van der Waals surface area contributed by atoms with Gasteiger partial charge in [0.1, 0.15) is 0 Å². The van der Waals surface area contributed by atoms with Crippen molar-refractivity contribution in [1.29, 1.82) is 0 Å². The topological polar surface area (TPSA) is 90.1 Å². The molecule has 0 unspecified atom stereocenters. The number of aromatic nitrogens is 2. The van der Waals surface area contributed by atoms with Crippen molar-refractivity contribution in [3.05, 3.63) is 57.0 Å². The lowest BCUT2D eigenvalue weighted by molar-refractivity contribution is -0.120. The third-order valence-electron chi connectivity index (χ3n) is 2.30. The summed E-state index contributed by atoms with van der Waals surface area (Å²) in [7, 11) is 0. The normalized spacial score (nSPS) is 10.8. The van der Waals surface area contributed by atoms with Crippen molar-refractivity contribution >= 4 is 23.7 Å². The average Bonchev–Trinajstić information content (AvgIpc) is 2.77. The monoisotopic (exact) mass is 278 g/mol. The Bertz CT molecular complexity index is 659. The van der Waals surface area contributed by atoms with Gasteiger partial charge in [0.2, 0.25) is 5.91 Å². The summed E-state index contributed by atoms with van der Waals surface area (Å²) >= 11 is 5.92. The first-order valence-electron chi connectivity index (χ1n) is 5.48. The standard InChI is InChI=1S/C12H11ClN4O2/c13-10-4-2-1-3-8(10)7-14-16-11(18)5-9-6-12(19)17-15-9/h1-4,6-7H,5H2,(H,16,18)(H2,15,17,19)/b14-7-. The number of aromatic amines is 2. The molecular weight excluding hydrogens is 268 g/mol. The number of halogens is 1. The minimum absolute atomic E-state index is 0.0403. The van der Waals surface area contributed by atoms with Crippen LogP contribution in [-0.2, 0) is 11.2 Å². The van der Waals surface area contributed by atoms with E-state index < -0.39 is 0 Å². The molecule has 1 heterocycles. The van der Waals surface area contributed by atoms with E-state index in [1.807, 2.05) is 6.07 Å². The zero-order valence-electron chi connectivity index (χ0n) is 9.81. The lowest BCUT2D eigenvalue weighted by Gasteiger charge is -1.98. The molecule has 98 valence electrons. The minimum atomic E-state index is -0.335. The molecule has 2 rings (SSSR count). The van der Waals surface area contributed by atoms with E-state index in [1.54, 1.807) is 18.2 Å². The van der Waals surface area contributed by atoms with Gasteiger partial charge in [-0.25, -0.2) is 5.43 Å².